The van der Waals surface area contributed by atoms with E-state index in [2.05, 4.69) is 5.32 Å². The summed E-state index contributed by atoms with van der Waals surface area (Å²) in [6.45, 7) is 0.486. The Morgan fingerprint density at radius 2 is 1.90 bits per heavy atom. The van der Waals surface area contributed by atoms with Crippen molar-refractivity contribution < 1.29 is 4.79 Å². The summed E-state index contributed by atoms with van der Waals surface area (Å²) in [7, 11) is 0. The summed E-state index contributed by atoms with van der Waals surface area (Å²) in [6, 6.07) is 17.2. The number of amides is 1. The molecule has 0 saturated heterocycles. The average Bonchev–Trinajstić information content (AvgIpc) is 2.51. The fourth-order valence-corrected chi connectivity index (χ4v) is 2.30. The molecule has 0 aliphatic carbocycles. The molecule has 0 bridgehead atoms. The molecule has 0 aliphatic rings. The fraction of sp³-hybridized carbons (Fsp3) is 0.235. The van der Waals surface area contributed by atoms with Crippen LogP contribution in [0.5, 0.6) is 0 Å². The molecule has 0 aliphatic heterocycles. The Morgan fingerprint density at radius 3 is 2.62 bits per heavy atom. The van der Waals surface area contributed by atoms with E-state index in [0.29, 0.717) is 24.4 Å². The minimum absolute atomic E-state index is 0.00126. The van der Waals surface area contributed by atoms with Crippen molar-refractivity contribution >= 4 is 17.5 Å². The first-order valence-corrected chi connectivity index (χ1v) is 7.34. The minimum atomic E-state index is -0.108. The highest BCUT2D eigenvalue weighted by molar-refractivity contribution is 6.30. The van der Waals surface area contributed by atoms with E-state index >= 15 is 0 Å². The van der Waals surface area contributed by atoms with E-state index in [0.717, 1.165) is 11.1 Å². The predicted molar refractivity (Wildman–Crippen MR) is 85.9 cm³/mol. The van der Waals surface area contributed by atoms with Crippen LogP contribution in [-0.4, -0.2) is 5.91 Å². The van der Waals surface area contributed by atoms with Crippen LogP contribution in [0.25, 0.3) is 0 Å². The Labute approximate surface area is 130 Å². The zero-order valence-corrected chi connectivity index (χ0v) is 12.5. The average molecular weight is 303 g/mol. The molecule has 3 N–H and O–H groups in total. The van der Waals surface area contributed by atoms with Crippen molar-refractivity contribution in [3.05, 3.63) is 70.7 Å². The van der Waals surface area contributed by atoms with Crippen LogP contribution in [0.15, 0.2) is 54.6 Å². The SMILES string of the molecule is NC(CCC(=O)NCc1cccc(Cl)c1)c1ccccc1. The lowest BCUT2D eigenvalue weighted by Crippen LogP contribution is -2.24. The number of halogens is 1. The number of carbonyl (C=O) groups is 1. The second-order valence-electron chi connectivity index (χ2n) is 4.96. The van der Waals surface area contributed by atoms with Crippen molar-refractivity contribution in [2.24, 2.45) is 5.73 Å². The smallest absolute Gasteiger partial charge is 0.220 e. The van der Waals surface area contributed by atoms with E-state index in [1.807, 2.05) is 54.6 Å². The van der Waals surface area contributed by atoms with Gasteiger partial charge in [0.05, 0.1) is 0 Å². The number of hydrogen-bond acceptors (Lipinski definition) is 2. The molecule has 21 heavy (non-hydrogen) atoms. The highest BCUT2D eigenvalue weighted by Gasteiger charge is 2.08. The number of hydrogen-bond donors (Lipinski definition) is 2. The van der Waals surface area contributed by atoms with Gasteiger partial charge in [0.1, 0.15) is 0 Å². The van der Waals surface area contributed by atoms with Crippen LogP contribution in [0, 0.1) is 0 Å². The third kappa shape index (κ3) is 5.21. The van der Waals surface area contributed by atoms with Gasteiger partial charge in [-0.3, -0.25) is 4.79 Å². The van der Waals surface area contributed by atoms with Crippen molar-refractivity contribution in [1.82, 2.24) is 5.32 Å². The number of carbonyl (C=O) groups excluding carboxylic acids is 1. The van der Waals surface area contributed by atoms with E-state index < -0.39 is 0 Å². The second kappa shape index (κ2) is 7.81. The van der Waals surface area contributed by atoms with Gasteiger partial charge < -0.3 is 11.1 Å². The second-order valence-corrected chi connectivity index (χ2v) is 5.40. The van der Waals surface area contributed by atoms with Crippen molar-refractivity contribution in [2.75, 3.05) is 0 Å². The molecule has 0 radical (unpaired) electrons. The number of benzene rings is 2. The Kier molecular flexibility index (Phi) is 5.78. The summed E-state index contributed by atoms with van der Waals surface area (Å²) in [4.78, 5) is 11.8. The molecule has 0 saturated carbocycles. The Morgan fingerprint density at radius 1 is 1.14 bits per heavy atom. The lowest BCUT2D eigenvalue weighted by Gasteiger charge is -2.12. The first kappa shape index (κ1) is 15.5. The van der Waals surface area contributed by atoms with Crippen LogP contribution in [0.4, 0.5) is 0 Å². The highest BCUT2D eigenvalue weighted by Crippen LogP contribution is 2.15. The number of nitrogens with one attached hydrogen (secondary N) is 1. The summed E-state index contributed by atoms with van der Waals surface area (Å²) in [5.74, 6) is 0.00126. The lowest BCUT2D eigenvalue weighted by molar-refractivity contribution is -0.121. The Hall–Kier alpha value is -1.84. The Bertz CT molecular complexity index is 586. The maximum absolute atomic E-state index is 11.8. The molecule has 0 heterocycles. The molecule has 1 atom stereocenters. The van der Waals surface area contributed by atoms with Gasteiger partial charge in [0.2, 0.25) is 5.91 Å². The topological polar surface area (TPSA) is 55.1 Å². The molecule has 2 rings (SSSR count). The van der Waals surface area contributed by atoms with Gasteiger partial charge in [-0.05, 0) is 29.7 Å². The van der Waals surface area contributed by atoms with E-state index in [4.69, 9.17) is 17.3 Å². The quantitative estimate of drug-likeness (QED) is 0.859. The molecule has 0 fully saturated rings. The summed E-state index contributed by atoms with van der Waals surface area (Å²) in [6.07, 6.45) is 1.04. The van der Waals surface area contributed by atoms with Gasteiger partial charge in [0.15, 0.2) is 0 Å². The summed E-state index contributed by atoms with van der Waals surface area (Å²) in [5.41, 5.74) is 8.12. The van der Waals surface area contributed by atoms with Gasteiger partial charge in [-0.15, -0.1) is 0 Å². The van der Waals surface area contributed by atoms with Gasteiger partial charge in [-0.25, -0.2) is 0 Å². The van der Waals surface area contributed by atoms with Crippen LogP contribution in [0.1, 0.15) is 30.0 Å². The molecular formula is C17H19ClN2O. The minimum Gasteiger partial charge on any atom is -0.352 e. The lowest BCUT2D eigenvalue weighted by atomic mass is 10.0. The Balaban J connectivity index is 1.75. The number of rotatable bonds is 6. The van der Waals surface area contributed by atoms with Gasteiger partial charge in [-0.1, -0.05) is 54.1 Å². The number of nitrogens with two attached hydrogens (primary N) is 1. The van der Waals surface area contributed by atoms with E-state index in [9.17, 15) is 4.79 Å². The summed E-state index contributed by atoms with van der Waals surface area (Å²) < 4.78 is 0. The van der Waals surface area contributed by atoms with Crippen molar-refractivity contribution in [2.45, 2.75) is 25.4 Å². The van der Waals surface area contributed by atoms with Gasteiger partial charge in [0, 0.05) is 24.0 Å². The monoisotopic (exact) mass is 302 g/mol. The third-order valence-electron chi connectivity index (χ3n) is 3.29. The van der Waals surface area contributed by atoms with E-state index in [1.54, 1.807) is 0 Å². The normalized spacial score (nSPS) is 11.9. The molecular weight excluding hydrogens is 284 g/mol. The zero-order valence-electron chi connectivity index (χ0n) is 11.8. The van der Waals surface area contributed by atoms with Gasteiger partial charge >= 0.3 is 0 Å². The standard InChI is InChI=1S/C17H19ClN2O/c18-15-8-4-5-13(11-15)12-20-17(21)10-9-16(19)14-6-2-1-3-7-14/h1-8,11,16H,9-10,12,19H2,(H,20,21). The molecule has 2 aromatic rings. The van der Waals surface area contributed by atoms with Crippen molar-refractivity contribution in [1.29, 1.82) is 0 Å². The predicted octanol–water partition coefficient (Wildman–Crippen LogP) is 3.44. The van der Waals surface area contributed by atoms with Crippen LogP contribution < -0.4 is 11.1 Å². The molecule has 1 unspecified atom stereocenters. The van der Waals surface area contributed by atoms with E-state index in [1.165, 1.54) is 0 Å². The van der Waals surface area contributed by atoms with Crippen molar-refractivity contribution in [3.8, 4) is 0 Å². The first-order chi connectivity index (χ1) is 10.1. The maximum Gasteiger partial charge on any atom is 0.220 e. The maximum atomic E-state index is 11.8. The van der Waals surface area contributed by atoms with Crippen LogP contribution in [-0.2, 0) is 11.3 Å². The summed E-state index contributed by atoms with van der Waals surface area (Å²) in [5, 5.41) is 3.55. The molecule has 4 heteroatoms. The van der Waals surface area contributed by atoms with E-state index in [-0.39, 0.29) is 11.9 Å². The fourth-order valence-electron chi connectivity index (χ4n) is 2.09. The summed E-state index contributed by atoms with van der Waals surface area (Å²) >= 11 is 5.90. The van der Waals surface area contributed by atoms with Crippen molar-refractivity contribution in [3.63, 3.8) is 0 Å². The van der Waals surface area contributed by atoms with Gasteiger partial charge in [-0.2, -0.15) is 0 Å². The molecule has 2 aromatic carbocycles. The first-order valence-electron chi connectivity index (χ1n) is 6.97. The third-order valence-corrected chi connectivity index (χ3v) is 3.52. The largest absolute Gasteiger partial charge is 0.352 e. The van der Waals surface area contributed by atoms with Crippen LogP contribution in [0.3, 0.4) is 0 Å². The van der Waals surface area contributed by atoms with Crippen LogP contribution in [0.2, 0.25) is 5.02 Å². The molecule has 0 spiro atoms. The van der Waals surface area contributed by atoms with Crippen LogP contribution >= 0.6 is 11.6 Å². The van der Waals surface area contributed by atoms with Gasteiger partial charge in [0.25, 0.3) is 0 Å². The zero-order chi connectivity index (χ0) is 15.1. The molecule has 3 nitrogen and oxygen atoms in total. The molecule has 110 valence electrons. The molecule has 1 amide bonds. The molecule has 0 aromatic heterocycles. The highest BCUT2D eigenvalue weighted by atomic mass is 35.5.